The number of hydrogen-bond acceptors (Lipinski definition) is 3. The zero-order chi connectivity index (χ0) is 12.7. The molecule has 0 aliphatic heterocycles. The minimum atomic E-state index is -0.395. The molecule has 1 rings (SSSR count). The van der Waals surface area contributed by atoms with E-state index in [0.717, 1.165) is 0 Å². The van der Waals surface area contributed by atoms with Gasteiger partial charge in [-0.1, -0.05) is 29.3 Å². The Morgan fingerprint density at radius 2 is 2.18 bits per heavy atom. The molecular formula is C12H12Cl2O3. The van der Waals surface area contributed by atoms with Gasteiger partial charge in [0.2, 0.25) is 0 Å². The van der Waals surface area contributed by atoms with Crippen LogP contribution < -0.4 is 4.74 Å². The maximum Gasteiger partial charge on any atom is 0.330 e. The molecule has 0 aliphatic rings. The molecule has 0 atom stereocenters. The van der Waals surface area contributed by atoms with Crippen molar-refractivity contribution in [2.75, 3.05) is 13.2 Å². The van der Waals surface area contributed by atoms with E-state index in [1.807, 2.05) is 0 Å². The number of hydrogen-bond donors (Lipinski definition) is 0. The third-order valence-electron chi connectivity index (χ3n) is 1.79. The van der Waals surface area contributed by atoms with Crippen molar-refractivity contribution in [3.05, 3.63) is 40.4 Å². The highest BCUT2D eigenvalue weighted by Gasteiger charge is 2.04. The largest absolute Gasteiger partial charge is 0.488 e. The second-order valence-electron chi connectivity index (χ2n) is 3.02. The van der Waals surface area contributed by atoms with Crippen molar-refractivity contribution in [1.29, 1.82) is 0 Å². The first-order valence-corrected chi connectivity index (χ1v) is 5.80. The Balaban J connectivity index is 2.46. The molecule has 0 saturated heterocycles. The zero-order valence-corrected chi connectivity index (χ0v) is 10.8. The number of halogens is 2. The van der Waals surface area contributed by atoms with Crippen LogP contribution >= 0.6 is 23.2 Å². The lowest BCUT2D eigenvalue weighted by atomic mass is 10.3. The summed E-state index contributed by atoms with van der Waals surface area (Å²) >= 11 is 11.7. The quantitative estimate of drug-likeness (QED) is 0.609. The minimum absolute atomic E-state index is 0.221. The van der Waals surface area contributed by atoms with E-state index < -0.39 is 5.97 Å². The van der Waals surface area contributed by atoms with E-state index in [2.05, 4.69) is 0 Å². The molecule has 0 fully saturated rings. The van der Waals surface area contributed by atoms with Crippen molar-refractivity contribution < 1.29 is 14.3 Å². The van der Waals surface area contributed by atoms with Crippen LogP contribution in [0.2, 0.25) is 10.0 Å². The van der Waals surface area contributed by atoms with Crippen LogP contribution in [0.3, 0.4) is 0 Å². The number of carbonyl (C=O) groups excluding carboxylic acids is 1. The van der Waals surface area contributed by atoms with Gasteiger partial charge in [0.1, 0.15) is 17.4 Å². The normalized spacial score (nSPS) is 10.5. The molecule has 0 radical (unpaired) electrons. The summed E-state index contributed by atoms with van der Waals surface area (Å²) in [5, 5.41) is 0.789. The highest BCUT2D eigenvalue weighted by atomic mass is 35.5. The first-order chi connectivity index (χ1) is 8.15. The Hall–Kier alpha value is -1.19. The molecule has 0 aromatic heterocycles. The van der Waals surface area contributed by atoms with E-state index in [1.54, 1.807) is 31.2 Å². The van der Waals surface area contributed by atoms with Crippen LogP contribution in [-0.4, -0.2) is 19.2 Å². The van der Waals surface area contributed by atoms with Gasteiger partial charge >= 0.3 is 5.97 Å². The predicted octanol–water partition coefficient (Wildman–Crippen LogP) is 3.49. The summed E-state index contributed by atoms with van der Waals surface area (Å²) in [6.07, 6.45) is 2.86. The molecule has 1 aromatic rings. The first-order valence-electron chi connectivity index (χ1n) is 5.05. The lowest BCUT2D eigenvalue weighted by molar-refractivity contribution is -0.137. The average molecular weight is 275 g/mol. The SMILES string of the molecule is CCOC(=O)/C=C/COc1cccc(Cl)c1Cl. The van der Waals surface area contributed by atoms with Gasteiger partial charge in [0.05, 0.1) is 11.6 Å². The standard InChI is InChI=1S/C12H12Cl2O3/c1-2-16-11(15)7-4-8-17-10-6-3-5-9(13)12(10)14/h3-7H,2,8H2,1H3/b7-4+. The van der Waals surface area contributed by atoms with Gasteiger partial charge in [-0.15, -0.1) is 0 Å². The molecule has 5 heteroatoms. The highest BCUT2D eigenvalue weighted by molar-refractivity contribution is 6.42. The Kier molecular flexibility index (Phi) is 5.87. The molecule has 0 spiro atoms. The Labute approximate surface area is 110 Å². The van der Waals surface area contributed by atoms with Gasteiger partial charge in [0, 0.05) is 6.08 Å². The molecular weight excluding hydrogens is 263 g/mol. The lowest BCUT2D eigenvalue weighted by Crippen LogP contribution is -2.01. The zero-order valence-electron chi connectivity index (χ0n) is 9.28. The van der Waals surface area contributed by atoms with Crippen LogP contribution in [0.4, 0.5) is 0 Å². The van der Waals surface area contributed by atoms with Crippen LogP contribution in [0.5, 0.6) is 5.75 Å². The Morgan fingerprint density at radius 1 is 1.41 bits per heavy atom. The van der Waals surface area contributed by atoms with Gasteiger partial charge < -0.3 is 9.47 Å². The summed E-state index contributed by atoms with van der Waals surface area (Å²) in [7, 11) is 0. The van der Waals surface area contributed by atoms with E-state index in [0.29, 0.717) is 22.4 Å². The predicted molar refractivity (Wildman–Crippen MR) is 67.7 cm³/mol. The number of rotatable bonds is 5. The first kappa shape index (κ1) is 13.9. The summed E-state index contributed by atoms with van der Waals surface area (Å²) in [5.41, 5.74) is 0. The molecule has 92 valence electrons. The van der Waals surface area contributed by atoms with E-state index in [9.17, 15) is 4.79 Å². The second kappa shape index (κ2) is 7.20. The van der Waals surface area contributed by atoms with Crippen LogP contribution in [0, 0.1) is 0 Å². The van der Waals surface area contributed by atoms with Gasteiger partial charge in [-0.2, -0.15) is 0 Å². The fourth-order valence-corrected chi connectivity index (χ4v) is 1.41. The van der Waals surface area contributed by atoms with Crippen molar-refractivity contribution in [3.8, 4) is 5.75 Å². The summed E-state index contributed by atoms with van der Waals surface area (Å²) in [6.45, 7) is 2.32. The lowest BCUT2D eigenvalue weighted by Gasteiger charge is -2.06. The summed E-state index contributed by atoms with van der Waals surface area (Å²) < 4.78 is 10.0. The van der Waals surface area contributed by atoms with E-state index >= 15 is 0 Å². The molecule has 0 unspecified atom stereocenters. The second-order valence-corrected chi connectivity index (χ2v) is 3.80. The number of carbonyl (C=O) groups is 1. The van der Waals surface area contributed by atoms with Crippen LogP contribution in [-0.2, 0) is 9.53 Å². The molecule has 0 saturated carbocycles. The molecule has 0 N–H and O–H groups in total. The maximum absolute atomic E-state index is 11.0. The van der Waals surface area contributed by atoms with Gasteiger partial charge in [-0.3, -0.25) is 0 Å². The number of esters is 1. The number of ether oxygens (including phenoxy) is 2. The van der Waals surface area contributed by atoms with Crippen molar-refractivity contribution in [3.63, 3.8) is 0 Å². The van der Waals surface area contributed by atoms with Crippen molar-refractivity contribution in [2.45, 2.75) is 6.92 Å². The van der Waals surface area contributed by atoms with Gasteiger partial charge in [-0.25, -0.2) is 4.79 Å². The molecule has 0 heterocycles. The summed E-state index contributed by atoms with van der Waals surface area (Å²) in [6, 6.07) is 5.11. The van der Waals surface area contributed by atoms with Crippen LogP contribution in [0.1, 0.15) is 6.92 Å². The Morgan fingerprint density at radius 3 is 2.88 bits per heavy atom. The van der Waals surface area contributed by atoms with E-state index in [-0.39, 0.29) is 6.61 Å². The average Bonchev–Trinajstić information content (AvgIpc) is 2.30. The third-order valence-corrected chi connectivity index (χ3v) is 2.59. The maximum atomic E-state index is 11.0. The molecule has 0 amide bonds. The summed E-state index contributed by atoms with van der Waals surface area (Å²) in [5.74, 6) is 0.0842. The fourth-order valence-electron chi connectivity index (χ4n) is 1.07. The van der Waals surface area contributed by atoms with E-state index in [1.165, 1.54) is 6.08 Å². The molecule has 3 nitrogen and oxygen atoms in total. The van der Waals surface area contributed by atoms with Crippen LogP contribution in [0.15, 0.2) is 30.4 Å². The van der Waals surface area contributed by atoms with Crippen molar-refractivity contribution >= 4 is 29.2 Å². The highest BCUT2D eigenvalue weighted by Crippen LogP contribution is 2.31. The summed E-state index contributed by atoms with van der Waals surface area (Å²) in [4.78, 5) is 11.0. The molecule has 1 aromatic carbocycles. The Bertz CT molecular complexity index is 416. The minimum Gasteiger partial charge on any atom is -0.488 e. The van der Waals surface area contributed by atoms with Crippen LogP contribution in [0.25, 0.3) is 0 Å². The topological polar surface area (TPSA) is 35.5 Å². The fraction of sp³-hybridized carbons (Fsp3) is 0.250. The monoisotopic (exact) mass is 274 g/mol. The number of benzene rings is 1. The van der Waals surface area contributed by atoms with E-state index in [4.69, 9.17) is 32.7 Å². The third kappa shape index (κ3) is 4.67. The molecule has 0 bridgehead atoms. The van der Waals surface area contributed by atoms with Crippen molar-refractivity contribution in [1.82, 2.24) is 0 Å². The molecule has 0 aliphatic carbocycles. The van der Waals surface area contributed by atoms with Gasteiger partial charge in [0.25, 0.3) is 0 Å². The van der Waals surface area contributed by atoms with Crippen molar-refractivity contribution in [2.24, 2.45) is 0 Å². The van der Waals surface area contributed by atoms with Gasteiger partial charge in [0.15, 0.2) is 0 Å². The molecule has 17 heavy (non-hydrogen) atoms. The smallest absolute Gasteiger partial charge is 0.330 e. The van der Waals surface area contributed by atoms with Gasteiger partial charge in [-0.05, 0) is 25.1 Å².